The molecule has 0 N–H and O–H groups in total. The summed E-state index contributed by atoms with van der Waals surface area (Å²) in [6.45, 7) is 0. The molecule has 0 aliphatic carbocycles. The van der Waals surface area contributed by atoms with E-state index in [0.717, 1.165) is 16.7 Å². The van der Waals surface area contributed by atoms with E-state index in [0.29, 0.717) is 28.0 Å². The van der Waals surface area contributed by atoms with Crippen LogP contribution in [0.4, 0.5) is 0 Å². The Morgan fingerprint density at radius 1 is 0.577 bits per heavy atom. The summed E-state index contributed by atoms with van der Waals surface area (Å²) in [7, 11) is 5.94. The van der Waals surface area contributed by atoms with E-state index in [1.54, 1.807) is 12.1 Å². The molecule has 1 aromatic heterocycles. The van der Waals surface area contributed by atoms with Crippen LogP contribution in [0.1, 0.15) is 0 Å². The Morgan fingerprint density at radius 3 is 1.50 bits per heavy atom. The zero-order chi connectivity index (χ0) is 17.9. The van der Waals surface area contributed by atoms with Gasteiger partial charge in [-0.2, -0.15) is 0 Å². The molecule has 0 bridgehead atoms. The first-order valence-corrected chi connectivity index (χ1v) is 8.50. The van der Waals surface area contributed by atoms with Crippen LogP contribution >= 0.6 is 11.6 Å². The maximum atomic E-state index is 6.16. The minimum Gasteiger partial charge on any atom is -0.208 e. The third-order valence-corrected chi connectivity index (χ3v) is 4.10. The number of hydrogen-bond donors (Lipinski definition) is 0. The molecule has 0 amide bonds. The molecule has 2 radical (unpaired) electrons. The second-order valence-electron chi connectivity index (χ2n) is 5.81. The molecule has 3 aromatic carbocycles. The fourth-order valence-electron chi connectivity index (χ4n) is 2.68. The molecule has 3 nitrogen and oxygen atoms in total. The zero-order valence-corrected chi connectivity index (χ0v) is 14.6. The van der Waals surface area contributed by atoms with E-state index in [4.69, 9.17) is 19.4 Å². The minimum absolute atomic E-state index is 0.534. The summed E-state index contributed by atoms with van der Waals surface area (Å²) in [6.07, 6.45) is 0. The molecule has 0 fully saturated rings. The van der Waals surface area contributed by atoms with Gasteiger partial charge < -0.3 is 0 Å². The molecule has 5 heteroatoms. The molecule has 1 heterocycles. The molecular formula is C21H13BClN3. The van der Waals surface area contributed by atoms with Gasteiger partial charge in [0.25, 0.3) is 0 Å². The molecule has 0 atom stereocenters. The monoisotopic (exact) mass is 353 g/mol. The summed E-state index contributed by atoms with van der Waals surface area (Å²) in [4.78, 5) is 13.9. The van der Waals surface area contributed by atoms with E-state index in [1.807, 2.05) is 66.7 Å². The van der Waals surface area contributed by atoms with Crippen LogP contribution in [0.2, 0.25) is 5.02 Å². The summed E-state index contributed by atoms with van der Waals surface area (Å²) in [5.41, 5.74) is 3.16. The van der Waals surface area contributed by atoms with Gasteiger partial charge in [-0.15, -0.1) is 0 Å². The number of aromatic nitrogens is 3. The van der Waals surface area contributed by atoms with Crippen LogP contribution in [0.3, 0.4) is 0 Å². The van der Waals surface area contributed by atoms with Gasteiger partial charge in [-0.1, -0.05) is 89.9 Å². The van der Waals surface area contributed by atoms with E-state index >= 15 is 0 Å². The summed E-state index contributed by atoms with van der Waals surface area (Å²) >= 11 is 6.16. The predicted octanol–water partition coefficient (Wildman–Crippen LogP) is 4.32. The molecular weight excluding hydrogens is 341 g/mol. The molecule has 0 aliphatic rings. The minimum atomic E-state index is 0.534. The highest BCUT2D eigenvalue weighted by atomic mass is 35.5. The van der Waals surface area contributed by atoms with Crippen molar-refractivity contribution < 1.29 is 0 Å². The number of halogens is 1. The van der Waals surface area contributed by atoms with Gasteiger partial charge in [0.05, 0.1) is 0 Å². The van der Waals surface area contributed by atoms with E-state index in [1.165, 1.54) is 0 Å². The van der Waals surface area contributed by atoms with Crippen LogP contribution < -0.4 is 5.46 Å². The standard InChI is InChI=1S/C21H13BClN3/c22-17-11-16(12-18(23)13-17)21-25-19(14-7-3-1-4-8-14)24-20(26-21)15-9-5-2-6-10-15/h1-13H. The topological polar surface area (TPSA) is 38.7 Å². The van der Waals surface area contributed by atoms with Crippen LogP contribution in [0.25, 0.3) is 34.2 Å². The first kappa shape index (κ1) is 16.5. The maximum Gasteiger partial charge on any atom is 0.164 e. The normalized spacial score (nSPS) is 10.7. The molecule has 0 unspecified atom stereocenters. The fraction of sp³-hybridized carbons (Fsp3) is 0. The number of rotatable bonds is 3. The SMILES string of the molecule is [B]c1cc(Cl)cc(-c2nc(-c3ccccc3)nc(-c3ccccc3)n2)c1. The van der Waals surface area contributed by atoms with Crippen LogP contribution in [-0.4, -0.2) is 22.8 Å². The van der Waals surface area contributed by atoms with Crippen LogP contribution in [0.15, 0.2) is 78.9 Å². The van der Waals surface area contributed by atoms with Crippen molar-refractivity contribution in [1.82, 2.24) is 15.0 Å². The molecule has 4 rings (SSSR count). The highest BCUT2D eigenvalue weighted by Gasteiger charge is 2.12. The molecule has 0 saturated carbocycles. The van der Waals surface area contributed by atoms with Crippen molar-refractivity contribution >= 4 is 24.9 Å². The Bertz CT molecular complexity index is 975. The molecule has 0 spiro atoms. The van der Waals surface area contributed by atoms with E-state index in [-0.39, 0.29) is 0 Å². The van der Waals surface area contributed by atoms with E-state index < -0.39 is 0 Å². The lowest BCUT2D eigenvalue weighted by molar-refractivity contribution is 1.07. The average Bonchev–Trinajstić information content (AvgIpc) is 2.68. The second-order valence-corrected chi connectivity index (χ2v) is 6.25. The quantitative estimate of drug-likeness (QED) is 0.515. The Kier molecular flexibility index (Phi) is 4.50. The van der Waals surface area contributed by atoms with Crippen LogP contribution in [0.5, 0.6) is 0 Å². The number of hydrogen-bond acceptors (Lipinski definition) is 3. The Labute approximate surface area is 158 Å². The first-order valence-electron chi connectivity index (χ1n) is 8.12. The van der Waals surface area contributed by atoms with Gasteiger partial charge in [0.15, 0.2) is 17.5 Å². The lowest BCUT2D eigenvalue weighted by Gasteiger charge is -2.09. The Hall–Kier alpha value is -2.98. The van der Waals surface area contributed by atoms with Crippen molar-refractivity contribution in [3.63, 3.8) is 0 Å². The first-order chi connectivity index (χ1) is 12.7. The van der Waals surface area contributed by atoms with Crippen molar-refractivity contribution in [1.29, 1.82) is 0 Å². The van der Waals surface area contributed by atoms with Gasteiger partial charge in [0.2, 0.25) is 0 Å². The smallest absolute Gasteiger partial charge is 0.164 e. The average molecular weight is 354 g/mol. The molecule has 122 valence electrons. The summed E-state index contributed by atoms with van der Waals surface area (Å²) in [5.74, 6) is 1.74. The molecule has 0 saturated heterocycles. The van der Waals surface area contributed by atoms with Gasteiger partial charge in [-0.3, -0.25) is 0 Å². The van der Waals surface area contributed by atoms with Crippen molar-refractivity contribution in [2.75, 3.05) is 0 Å². The molecule has 26 heavy (non-hydrogen) atoms. The fourth-order valence-corrected chi connectivity index (χ4v) is 2.92. The van der Waals surface area contributed by atoms with Gasteiger partial charge in [0, 0.05) is 21.7 Å². The summed E-state index contributed by atoms with van der Waals surface area (Å²) in [6, 6.07) is 24.9. The van der Waals surface area contributed by atoms with Crippen LogP contribution in [-0.2, 0) is 0 Å². The van der Waals surface area contributed by atoms with Gasteiger partial charge in [0.1, 0.15) is 7.85 Å². The summed E-state index contributed by atoms with van der Waals surface area (Å²) < 4.78 is 0. The second kappa shape index (κ2) is 7.10. The molecule has 0 aliphatic heterocycles. The lowest BCUT2D eigenvalue weighted by Crippen LogP contribution is -2.04. The summed E-state index contributed by atoms with van der Waals surface area (Å²) in [5, 5.41) is 0.544. The third kappa shape index (κ3) is 3.51. The number of nitrogens with zero attached hydrogens (tertiary/aromatic N) is 3. The van der Waals surface area contributed by atoms with Crippen molar-refractivity contribution in [2.24, 2.45) is 0 Å². The Morgan fingerprint density at radius 2 is 1.04 bits per heavy atom. The predicted molar refractivity (Wildman–Crippen MR) is 107 cm³/mol. The van der Waals surface area contributed by atoms with Crippen molar-refractivity contribution in [2.45, 2.75) is 0 Å². The lowest BCUT2D eigenvalue weighted by atomic mass is 9.94. The van der Waals surface area contributed by atoms with Crippen molar-refractivity contribution in [3.8, 4) is 34.2 Å². The van der Waals surface area contributed by atoms with E-state index in [2.05, 4.69) is 15.0 Å². The van der Waals surface area contributed by atoms with Gasteiger partial charge in [-0.05, 0) is 6.07 Å². The van der Waals surface area contributed by atoms with Crippen LogP contribution in [0, 0.1) is 0 Å². The highest BCUT2D eigenvalue weighted by Crippen LogP contribution is 2.25. The van der Waals surface area contributed by atoms with Gasteiger partial charge in [-0.25, -0.2) is 15.0 Å². The zero-order valence-electron chi connectivity index (χ0n) is 13.8. The highest BCUT2D eigenvalue weighted by molar-refractivity contribution is 6.36. The van der Waals surface area contributed by atoms with Crippen molar-refractivity contribution in [3.05, 3.63) is 83.9 Å². The number of benzene rings is 3. The third-order valence-electron chi connectivity index (χ3n) is 3.88. The Balaban J connectivity index is 1.93. The van der Waals surface area contributed by atoms with E-state index in [9.17, 15) is 0 Å². The molecule has 4 aromatic rings. The maximum absolute atomic E-state index is 6.16. The largest absolute Gasteiger partial charge is 0.208 e. The van der Waals surface area contributed by atoms with Gasteiger partial charge >= 0.3 is 0 Å².